The molecule has 124 valence electrons. The second-order valence-corrected chi connectivity index (χ2v) is 6.23. The highest BCUT2D eigenvalue weighted by molar-refractivity contribution is 5.52. The molecule has 1 saturated heterocycles. The van der Waals surface area contributed by atoms with E-state index in [0.717, 1.165) is 50.1 Å². The zero-order chi connectivity index (χ0) is 16.4. The van der Waals surface area contributed by atoms with Gasteiger partial charge in [-0.1, -0.05) is 0 Å². The Morgan fingerprint density at radius 1 is 1.21 bits per heavy atom. The van der Waals surface area contributed by atoms with Crippen molar-refractivity contribution in [2.24, 2.45) is 5.92 Å². The minimum atomic E-state index is 0.386. The molecule has 4 heterocycles. The molecule has 24 heavy (non-hydrogen) atoms. The molecule has 0 N–H and O–H groups in total. The van der Waals surface area contributed by atoms with Crippen molar-refractivity contribution in [3.05, 3.63) is 54.5 Å². The summed E-state index contributed by atoms with van der Waals surface area (Å²) in [5.41, 5.74) is 2.29. The predicted octanol–water partition coefficient (Wildman–Crippen LogP) is 2.13. The summed E-state index contributed by atoms with van der Waals surface area (Å²) in [6.07, 6.45) is 8.63. The standard InChI is InChI=1S/C18H21N5O/c1-14-19-5-4-18(21-14)23-9-10-24-13-15(12-23)11-16-17-3-2-7-22(17)8-6-20-16/h2-8,15H,9-13H2,1H3. The predicted molar refractivity (Wildman–Crippen MR) is 92.2 cm³/mol. The Morgan fingerprint density at radius 3 is 3.08 bits per heavy atom. The van der Waals surface area contributed by atoms with E-state index >= 15 is 0 Å². The molecule has 0 spiro atoms. The van der Waals surface area contributed by atoms with Crippen molar-refractivity contribution >= 4 is 11.3 Å². The van der Waals surface area contributed by atoms with Crippen LogP contribution in [-0.4, -0.2) is 45.7 Å². The third-order valence-electron chi connectivity index (χ3n) is 4.44. The Morgan fingerprint density at radius 2 is 2.17 bits per heavy atom. The van der Waals surface area contributed by atoms with Crippen molar-refractivity contribution in [2.75, 3.05) is 31.2 Å². The molecule has 1 aliphatic rings. The summed E-state index contributed by atoms with van der Waals surface area (Å²) in [6.45, 7) is 5.18. The van der Waals surface area contributed by atoms with Crippen LogP contribution in [0.1, 0.15) is 11.5 Å². The van der Waals surface area contributed by atoms with Crippen LogP contribution in [0, 0.1) is 12.8 Å². The molecular weight excluding hydrogens is 302 g/mol. The highest BCUT2D eigenvalue weighted by atomic mass is 16.5. The summed E-state index contributed by atoms with van der Waals surface area (Å²) in [5, 5.41) is 0. The molecule has 6 heteroatoms. The maximum atomic E-state index is 5.84. The number of aromatic nitrogens is 4. The number of ether oxygens (including phenoxy) is 1. The summed E-state index contributed by atoms with van der Waals surface area (Å²) < 4.78 is 7.95. The van der Waals surface area contributed by atoms with Crippen LogP contribution in [0.2, 0.25) is 0 Å². The lowest BCUT2D eigenvalue weighted by Crippen LogP contribution is -2.31. The number of hydrogen-bond acceptors (Lipinski definition) is 5. The summed E-state index contributed by atoms with van der Waals surface area (Å²) in [5.74, 6) is 2.16. The van der Waals surface area contributed by atoms with Gasteiger partial charge in [0.15, 0.2) is 0 Å². The third-order valence-corrected chi connectivity index (χ3v) is 4.44. The van der Waals surface area contributed by atoms with Gasteiger partial charge >= 0.3 is 0 Å². The topological polar surface area (TPSA) is 55.5 Å². The number of fused-ring (bicyclic) bond motifs is 1. The Bertz CT molecular complexity index is 831. The molecule has 3 aromatic heterocycles. The molecule has 4 rings (SSSR count). The minimum Gasteiger partial charge on any atom is -0.379 e. The molecule has 1 aliphatic heterocycles. The molecule has 1 fully saturated rings. The Labute approximate surface area is 141 Å². The van der Waals surface area contributed by atoms with Crippen LogP contribution >= 0.6 is 0 Å². The van der Waals surface area contributed by atoms with E-state index in [-0.39, 0.29) is 0 Å². The van der Waals surface area contributed by atoms with Crippen LogP contribution in [0.4, 0.5) is 5.82 Å². The molecule has 0 amide bonds. The first kappa shape index (κ1) is 15.1. The number of nitrogens with zero attached hydrogens (tertiary/aromatic N) is 5. The number of aryl methyl sites for hydroxylation is 1. The zero-order valence-electron chi connectivity index (χ0n) is 13.8. The maximum Gasteiger partial charge on any atom is 0.132 e. The smallest absolute Gasteiger partial charge is 0.132 e. The van der Waals surface area contributed by atoms with Gasteiger partial charge in [0, 0.05) is 43.8 Å². The van der Waals surface area contributed by atoms with E-state index in [0.29, 0.717) is 5.92 Å². The highest BCUT2D eigenvalue weighted by Crippen LogP contribution is 2.20. The van der Waals surface area contributed by atoms with E-state index in [9.17, 15) is 0 Å². The Hall–Kier alpha value is -2.47. The first-order valence-corrected chi connectivity index (χ1v) is 8.32. The molecule has 0 aliphatic carbocycles. The Kier molecular flexibility index (Phi) is 4.13. The summed E-state index contributed by atoms with van der Waals surface area (Å²) in [6, 6.07) is 6.15. The second-order valence-electron chi connectivity index (χ2n) is 6.23. The normalized spacial score (nSPS) is 18.7. The molecule has 0 bridgehead atoms. The van der Waals surface area contributed by atoms with Crippen LogP contribution < -0.4 is 4.90 Å². The van der Waals surface area contributed by atoms with Gasteiger partial charge in [-0.25, -0.2) is 9.97 Å². The third kappa shape index (κ3) is 3.10. The fraction of sp³-hybridized carbons (Fsp3) is 0.389. The van der Waals surface area contributed by atoms with E-state index in [1.54, 1.807) is 0 Å². The number of hydrogen-bond donors (Lipinski definition) is 0. The van der Waals surface area contributed by atoms with Gasteiger partial charge in [-0.05, 0) is 31.5 Å². The van der Waals surface area contributed by atoms with Gasteiger partial charge in [0.25, 0.3) is 0 Å². The van der Waals surface area contributed by atoms with Crippen molar-refractivity contribution in [3.8, 4) is 0 Å². The molecule has 0 radical (unpaired) electrons. The van der Waals surface area contributed by atoms with Crippen LogP contribution in [-0.2, 0) is 11.2 Å². The number of rotatable bonds is 3. The van der Waals surface area contributed by atoms with E-state index in [1.807, 2.05) is 31.6 Å². The first-order valence-electron chi connectivity index (χ1n) is 8.32. The molecule has 1 atom stereocenters. The van der Waals surface area contributed by atoms with E-state index in [1.165, 1.54) is 5.52 Å². The largest absolute Gasteiger partial charge is 0.379 e. The highest BCUT2D eigenvalue weighted by Gasteiger charge is 2.21. The molecular formula is C18H21N5O. The van der Waals surface area contributed by atoms with Crippen molar-refractivity contribution in [3.63, 3.8) is 0 Å². The fourth-order valence-electron chi connectivity index (χ4n) is 3.29. The Balaban J connectivity index is 1.55. The van der Waals surface area contributed by atoms with Crippen LogP contribution in [0.3, 0.4) is 0 Å². The van der Waals surface area contributed by atoms with Gasteiger partial charge in [-0.3, -0.25) is 4.98 Å². The molecule has 0 aromatic carbocycles. The molecule has 3 aromatic rings. The average Bonchev–Trinajstić information content (AvgIpc) is 2.95. The fourth-order valence-corrected chi connectivity index (χ4v) is 3.29. The van der Waals surface area contributed by atoms with Gasteiger partial charge in [0.2, 0.25) is 0 Å². The summed E-state index contributed by atoms with van der Waals surface area (Å²) in [4.78, 5) is 15.6. The SMILES string of the molecule is Cc1nccc(N2CCOCC(Cc3nccn4cccc34)C2)n1. The van der Waals surface area contributed by atoms with Crippen LogP contribution in [0.25, 0.3) is 5.52 Å². The lowest BCUT2D eigenvalue weighted by Gasteiger charge is -2.24. The maximum absolute atomic E-state index is 5.84. The lowest BCUT2D eigenvalue weighted by atomic mass is 10.0. The molecule has 1 unspecified atom stereocenters. The van der Waals surface area contributed by atoms with Gasteiger partial charge in [0.05, 0.1) is 24.4 Å². The van der Waals surface area contributed by atoms with Crippen molar-refractivity contribution in [2.45, 2.75) is 13.3 Å². The molecule has 6 nitrogen and oxygen atoms in total. The van der Waals surface area contributed by atoms with Gasteiger partial charge in [-0.2, -0.15) is 0 Å². The van der Waals surface area contributed by atoms with Crippen molar-refractivity contribution < 1.29 is 4.74 Å². The van der Waals surface area contributed by atoms with E-state index in [2.05, 4.69) is 42.6 Å². The van der Waals surface area contributed by atoms with E-state index in [4.69, 9.17) is 4.74 Å². The van der Waals surface area contributed by atoms with Gasteiger partial charge < -0.3 is 14.0 Å². The minimum absolute atomic E-state index is 0.386. The van der Waals surface area contributed by atoms with Gasteiger partial charge in [0.1, 0.15) is 11.6 Å². The quantitative estimate of drug-likeness (QED) is 0.739. The zero-order valence-corrected chi connectivity index (χ0v) is 13.8. The molecule has 0 saturated carbocycles. The monoisotopic (exact) mass is 323 g/mol. The van der Waals surface area contributed by atoms with E-state index < -0.39 is 0 Å². The summed E-state index contributed by atoms with van der Waals surface area (Å²) >= 11 is 0. The van der Waals surface area contributed by atoms with Crippen molar-refractivity contribution in [1.29, 1.82) is 0 Å². The van der Waals surface area contributed by atoms with Crippen molar-refractivity contribution in [1.82, 2.24) is 19.4 Å². The van der Waals surface area contributed by atoms with Gasteiger partial charge in [-0.15, -0.1) is 0 Å². The lowest BCUT2D eigenvalue weighted by molar-refractivity contribution is 0.123. The van der Waals surface area contributed by atoms with Crippen LogP contribution in [0.5, 0.6) is 0 Å². The first-order chi connectivity index (χ1) is 11.8. The second kappa shape index (κ2) is 6.57. The number of anilines is 1. The van der Waals surface area contributed by atoms with Crippen LogP contribution in [0.15, 0.2) is 43.0 Å². The average molecular weight is 323 g/mol. The summed E-state index contributed by atoms with van der Waals surface area (Å²) in [7, 11) is 0.